The number of aliphatic hydroxyl groups is 1. The van der Waals surface area contributed by atoms with Crippen molar-refractivity contribution >= 4 is 29.1 Å². The second-order valence-corrected chi connectivity index (χ2v) is 10.2. The maximum atomic E-state index is 12.7. The highest BCUT2D eigenvalue weighted by Gasteiger charge is 2.31. The number of halogens is 2. The van der Waals surface area contributed by atoms with E-state index < -0.39 is 0 Å². The Morgan fingerprint density at radius 3 is 2.46 bits per heavy atom. The molecule has 1 aliphatic heterocycles. The van der Waals surface area contributed by atoms with E-state index in [4.69, 9.17) is 42.1 Å². The summed E-state index contributed by atoms with van der Waals surface area (Å²) in [6, 6.07) is 13.8. The summed E-state index contributed by atoms with van der Waals surface area (Å²) in [5.41, 5.74) is 3.26. The molecule has 1 fully saturated rings. The van der Waals surface area contributed by atoms with Crippen LogP contribution in [0.25, 0.3) is 0 Å². The molecule has 3 aromatic carbocycles. The molecule has 1 aliphatic carbocycles. The summed E-state index contributed by atoms with van der Waals surface area (Å²) in [7, 11) is 3.13. The van der Waals surface area contributed by atoms with E-state index in [9.17, 15) is 9.90 Å². The maximum Gasteiger partial charge on any atom is 0.251 e. The topological polar surface area (TPSA) is 86.3 Å². The maximum absolute atomic E-state index is 12.7. The van der Waals surface area contributed by atoms with E-state index in [-0.39, 0.29) is 11.8 Å². The van der Waals surface area contributed by atoms with Crippen molar-refractivity contribution in [3.05, 3.63) is 86.6 Å². The molecular weight excluding hydrogens is 541 g/mol. The fourth-order valence-electron chi connectivity index (χ4n) is 4.65. The number of rotatable bonds is 9. The molecule has 0 aromatic heterocycles. The van der Waals surface area contributed by atoms with Crippen molar-refractivity contribution in [1.82, 2.24) is 5.32 Å². The Kier molecular flexibility index (Phi) is 8.10. The zero-order valence-corrected chi connectivity index (χ0v) is 23.2. The van der Waals surface area contributed by atoms with E-state index >= 15 is 0 Å². The summed E-state index contributed by atoms with van der Waals surface area (Å²) >= 11 is 12.9. The van der Waals surface area contributed by atoms with Crippen LogP contribution in [0.15, 0.2) is 59.9 Å². The number of hydrogen-bond acceptors (Lipinski definition) is 6. The SMILES string of the molecule is COc1cc(Cl)c(CCNC(=O)c2ccc(Oc3cc4c(cc3Cl)C(C(O)=C3CC3)CCO4)cc2)c(OC)c1. The number of carbonyl (C=O) groups is 1. The molecule has 0 bridgehead atoms. The number of fused-ring (bicyclic) bond motifs is 1. The molecular formula is C30H29Cl2NO6. The second-order valence-electron chi connectivity index (χ2n) is 9.42. The number of aliphatic hydroxyl groups excluding tert-OH is 1. The van der Waals surface area contributed by atoms with E-state index in [1.165, 1.54) is 0 Å². The lowest BCUT2D eigenvalue weighted by molar-refractivity contribution is 0.0954. The van der Waals surface area contributed by atoms with Gasteiger partial charge in [-0.2, -0.15) is 0 Å². The van der Waals surface area contributed by atoms with Gasteiger partial charge in [-0.15, -0.1) is 0 Å². The van der Waals surface area contributed by atoms with Gasteiger partial charge in [0.2, 0.25) is 0 Å². The Morgan fingerprint density at radius 1 is 1.00 bits per heavy atom. The first kappa shape index (κ1) is 27.0. The average Bonchev–Trinajstić information content (AvgIpc) is 3.79. The summed E-state index contributed by atoms with van der Waals surface area (Å²) in [5, 5.41) is 14.4. The Balaban J connectivity index is 1.21. The molecule has 2 N–H and O–H groups in total. The summed E-state index contributed by atoms with van der Waals surface area (Å²) in [5.74, 6) is 2.96. The van der Waals surface area contributed by atoms with Crippen LogP contribution in [0.5, 0.6) is 28.7 Å². The van der Waals surface area contributed by atoms with Crippen LogP contribution in [-0.4, -0.2) is 38.4 Å². The van der Waals surface area contributed by atoms with E-state index in [1.54, 1.807) is 62.8 Å². The smallest absolute Gasteiger partial charge is 0.251 e. The third-order valence-corrected chi connectivity index (χ3v) is 7.52. The van der Waals surface area contributed by atoms with Gasteiger partial charge in [-0.05, 0) is 67.7 Å². The number of methoxy groups -OCH3 is 2. The van der Waals surface area contributed by atoms with E-state index in [2.05, 4.69) is 5.32 Å². The minimum absolute atomic E-state index is 0.0996. The zero-order chi connectivity index (χ0) is 27.5. The van der Waals surface area contributed by atoms with Crippen LogP contribution in [0.3, 0.4) is 0 Å². The van der Waals surface area contributed by atoms with Gasteiger partial charge in [0.25, 0.3) is 5.91 Å². The first-order valence-corrected chi connectivity index (χ1v) is 13.5. The van der Waals surface area contributed by atoms with Gasteiger partial charge in [-0.25, -0.2) is 0 Å². The average molecular weight is 570 g/mol. The first-order valence-electron chi connectivity index (χ1n) is 12.7. The van der Waals surface area contributed by atoms with Crippen molar-refractivity contribution in [2.24, 2.45) is 0 Å². The van der Waals surface area contributed by atoms with Gasteiger partial charge in [0.1, 0.15) is 28.7 Å². The summed E-state index contributed by atoms with van der Waals surface area (Å²) in [6.45, 7) is 0.884. The Bertz CT molecular complexity index is 1410. The predicted molar refractivity (Wildman–Crippen MR) is 150 cm³/mol. The molecule has 1 heterocycles. The molecule has 3 aromatic rings. The summed E-state index contributed by atoms with van der Waals surface area (Å²) < 4.78 is 22.5. The minimum atomic E-state index is -0.221. The van der Waals surface area contributed by atoms with Crippen LogP contribution < -0.4 is 24.3 Å². The molecule has 0 spiro atoms. The zero-order valence-electron chi connectivity index (χ0n) is 21.7. The van der Waals surface area contributed by atoms with Crippen molar-refractivity contribution in [3.63, 3.8) is 0 Å². The number of nitrogens with one attached hydrogen (secondary N) is 1. The molecule has 5 rings (SSSR count). The van der Waals surface area contributed by atoms with E-state index in [0.29, 0.717) is 76.1 Å². The van der Waals surface area contributed by atoms with Gasteiger partial charge < -0.3 is 29.4 Å². The van der Waals surface area contributed by atoms with Gasteiger partial charge in [-0.3, -0.25) is 4.79 Å². The van der Waals surface area contributed by atoms with Gasteiger partial charge in [0, 0.05) is 41.3 Å². The van der Waals surface area contributed by atoms with E-state index in [1.807, 2.05) is 0 Å². The van der Waals surface area contributed by atoms with Gasteiger partial charge in [0.15, 0.2) is 0 Å². The van der Waals surface area contributed by atoms with E-state index in [0.717, 1.165) is 29.5 Å². The molecule has 39 heavy (non-hydrogen) atoms. The van der Waals surface area contributed by atoms with Crippen molar-refractivity contribution in [2.45, 2.75) is 31.6 Å². The lowest BCUT2D eigenvalue weighted by atomic mass is 9.90. The van der Waals surface area contributed by atoms with Gasteiger partial charge in [-0.1, -0.05) is 23.2 Å². The quantitative estimate of drug-likeness (QED) is 0.264. The van der Waals surface area contributed by atoms with Gasteiger partial charge >= 0.3 is 0 Å². The number of benzene rings is 3. The minimum Gasteiger partial charge on any atom is -0.512 e. The van der Waals surface area contributed by atoms with Crippen molar-refractivity contribution in [2.75, 3.05) is 27.4 Å². The van der Waals surface area contributed by atoms with Crippen LogP contribution in [-0.2, 0) is 6.42 Å². The standard InChI is InChI=1S/C30H29Cl2NO6/c1-36-20-13-24(31)22(26(14-20)37-2)9-11-33-30(35)18-5-7-19(8-6-18)39-28-16-27-23(15-25(28)32)21(10-12-38-27)29(34)17-3-4-17/h5-8,13-16,21,34H,3-4,9-12H2,1-2H3,(H,33,35). The molecule has 0 radical (unpaired) electrons. The number of allylic oxidation sites excluding steroid dienone is 2. The molecule has 204 valence electrons. The van der Waals surface area contributed by atoms with Crippen LogP contribution in [0, 0.1) is 0 Å². The molecule has 1 saturated carbocycles. The third-order valence-electron chi connectivity index (χ3n) is 6.88. The molecule has 7 nitrogen and oxygen atoms in total. The Hall–Kier alpha value is -3.55. The summed E-state index contributed by atoms with van der Waals surface area (Å²) in [4.78, 5) is 12.7. The van der Waals surface area contributed by atoms with Gasteiger partial charge in [0.05, 0.1) is 36.6 Å². The predicted octanol–water partition coefficient (Wildman–Crippen LogP) is 7.25. The number of ether oxygens (including phenoxy) is 4. The van der Waals surface area contributed by atoms with Crippen molar-refractivity contribution in [1.29, 1.82) is 0 Å². The number of carbonyl (C=O) groups excluding carboxylic acids is 1. The number of hydrogen-bond donors (Lipinski definition) is 2. The number of amides is 1. The molecule has 2 aliphatic rings. The normalized spacial score (nSPS) is 15.6. The highest BCUT2D eigenvalue weighted by molar-refractivity contribution is 6.32. The Labute approximate surface area is 237 Å². The summed E-state index contributed by atoms with van der Waals surface area (Å²) in [6.07, 6.45) is 3.11. The van der Waals surface area contributed by atoms with Crippen LogP contribution in [0.4, 0.5) is 0 Å². The molecule has 0 saturated heterocycles. The van der Waals surface area contributed by atoms with Crippen LogP contribution >= 0.6 is 23.2 Å². The van der Waals surface area contributed by atoms with Crippen LogP contribution in [0.1, 0.15) is 46.7 Å². The molecule has 1 amide bonds. The monoisotopic (exact) mass is 569 g/mol. The fraction of sp³-hybridized carbons (Fsp3) is 0.300. The van der Waals surface area contributed by atoms with Crippen molar-refractivity contribution in [3.8, 4) is 28.7 Å². The largest absolute Gasteiger partial charge is 0.512 e. The second kappa shape index (κ2) is 11.7. The highest BCUT2D eigenvalue weighted by Crippen LogP contribution is 2.46. The molecule has 1 unspecified atom stereocenters. The highest BCUT2D eigenvalue weighted by atomic mass is 35.5. The first-order chi connectivity index (χ1) is 18.9. The molecule has 1 atom stereocenters. The van der Waals surface area contributed by atoms with Crippen LogP contribution in [0.2, 0.25) is 10.0 Å². The lowest BCUT2D eigenvalue weighted by Crippen LogP contribution is -2.25. The lowest BCUT2D eigenvalue weighted by Gasteiger charge is -2.26. The Morgan fingerprint density at radius 2 is 1.77 bits per heavy atom. The third kappa shape index (κ3) is 6.05. The van der Waals surface area contributed by atoms with Crippen molar-refractivity contribution < 1.29 is 28.8 Å². The molecule has 9 heteroatoms. The fourth-order valence-corrected chi connectivity index (χ4v) is 5.16.